The lowest BCUT2D eigenvalue weighted by molar-refractivity contribution is -0.116. The van der Waals surface area contributed by atoms with Gasteiger partial charge in [0.2, 0.25) is 5.91 Å². The molecule has 0 saturated heterocycles. The van der Waals surface area contributed by atoms with Crippen molar-refractivity contribution >= 4 is 17.5 Å². The highest BCUT2D eigenvalue weighted by Crippen LogP contribution is 2.09. The van der Waals surface area contributed by atoms with Gasteiger partial charge in [-0.15, -0.1) is 0 Å². The largest absolute Gasteiger partial charge is 0.492 e. The maximum atomic E-state index is 12.7. The Balaban J connectivity index is 1.58. The van der Waals surface area contributed by atoms with Gasteiger partial charge in [0.25, 0.3) is 11.5 Å². The van der Waals surface area contributed by atoms with E-state index in [1.807, 2.05) is 49.4 Å². The summed E-state index contributed by atoms with van der Waals surface area (Å²) in [5.41, 5.74) is 1.47. The fourth-order valence-electron chi connectivity index (χ4n) is 2.81. The van der Waals surface area contributed by atoms with Crippen molar-refractivity contribution < 1.29 is 14.3 Å². The molecule has 31 heavy (non-hydrogen) atoms. The summed E-state index contributed by atoms with van der Waals surface area (Å²) >= 11 is 0. The molecule has 8 heteroatoms. The first-order chi connectivity index (χ1) is 14.9. The van der Waals surface area contributed by atoms with Crippen molar-refractivity contribution in [3.05, 3.63) is 88.3 Å². The number of nitrogens with one attached hydrogen (secondary N) is 1. The lowest BCUT2D eigenvalue weighted by atomic mass is 10.2. The zero-order chi connectivity index (χ0) is 22.2. The first-order valence-electron chi connectivity index (χ1n) is 9.80. The summed E-state index contributed by atoms with van der Waals surface area (Å²) in [5.74, 6) is -0.108. The van der Waals surface area contributed by atoms with Crippen LogP contribution in [-0.2, 0) is 11.3 Å². The molecule has 0 aliphatic rings. The molecule has 1 aromatic heterocycles. The summed E-state index contributed by atoms with van der Waals surface area (Å²) in [7, 11) is 1.51. The summed E-state index contributed by atoms with van der Waals surface area (Å²) in [5, 5.41) is 6.87. The molecule has 2 aromatic carbocycles. The molecule has 0 bridgehead atoms. The van der Waals surface area contributed by atoms with Crippen LogP contribution < -0.4 is 15.6 Å². The van der Waals surface area contributed by atoms with Gasteiger partial charge < -0.3 is 15.0 Å². The Morgan fingerprint density at radius 1 is 1.03 bits per heavy atom. The maximum absolute atomic E-state index is 12.7. The number of nitrogens with zero attached hydrogens (tertiary/aromatic N) is 3. The number of ether oxygens (including phenoxy) is 1. The van der Waals surface area contributed by atoms with Crippen LogP contribution in [0.3, 0.4) is 0 Å². The zero-order valence-electron chi connectivity index (χ0n) is 17.4. The SMILES string of the molecule is Cc1ccc(NC(=O)CN(C)C(=O)c2ccc(=O)n(CCOc3ccccc3)n2)cc1. The van der Waals surface area contributed by atoms with Crippen LogP contribution in [0.1, 0.15) is 16.1 Å². The molecule has 2 amide bonds. The van der Waals surface area contributed by atoms with E-state index in [1.54, 1.807) is 12.1 Å². The number of para-hydroxylation sites is 1. The van der Waals surface area contributed by atoms with E-state index < -0.39 is 5.91 Å². The third-order valence-electron chi connectivity index (χ3n) is 4.46. The first kappa shape index (κ1) is 21.8. The zero-order valence-corrected chi connectivity index (χ0v) is 17.4. The van der Waals surface area contributed by atoms with Crippen LogP contribution in [0.4, 0.5) is 5.69 Å². The predicted octanol–water partition coefficient (Wildman–Crippen LogP) is 2.34. The van der Waals surface area contributed by atoms with Gasteiger partial charge in [-0.1, -0.05) is 35.9 Å². The van der Waals surface area contributed by atoms with E-state index in [1.165, 1.54) is 28.8 Å². The van der Waals surface area contributed by atoms with E-state index >= 15 is 0 Å². The molecular weight excluding hydrogens is 396 g/mol. The van der Waals surface area contributed by atoms with Gasteiger partial charge in [-0.2, -0.15) is 5.10 Å². The average molecular weight is 420 g/mol. The third kappa shape index (κ3) is 6.27. The minimum atomic E-state index is -0.461. The molecule has 0 radical (unpaired) electrons. The van der Waals surface area contributed by atoms with Crippen molar-refractivity contribution in [3.8, 4) is 5.75 Å². The molecule has 160 valence electrons. The molecule has 0 unspecified atom stereocenters. The van der Waals surface area contributed by atoms with Crippen molar-refractivity contribution in [3.63, 3.8) is 0 Å². The highest BCUT2D eigenvalue weighted by atomic mass is 16.5. The summed E-state index contributed by atoms with van der Waals surface area (Å²) < 4.78 is 6.76. The molecular formula is C23H24N4O4. The fourth-order valence-corrected chi connectivity index (χ4v) is 2.81. The summed E-state index contributed by atoms with van der Waals surface area (Å²) in [6, 6.07) is 19.2. The highest BCUT2D eigenvalue weighted by molar-refractivity contribution is 5.98. The van der Waals surface area contributed by atoms with Gasteiger partial charge in [0.05, 0.1) is 13.1 Å². The Labute approximate surface area is 180 Å². The minimum absolute atomic E-state index is 0.0740. The van der Waals surface area contributed by atoms with Crippen LogP contribution in [-0.4, -0.2) is 46.7 Å². The quantitative estimate of drug-likeness (QED) is 0.604. The molecule has 0 saturated carbocycles. The van der Waals surface area contributed by atoms with Crippen molar-refractivity contribution in [2.24, 2.45) is 0 Å². The molecule has 0 fully saturated rings. The molecule has 0 aliphatic heterocycles. The second kappa shape index (κ2) is 10.2. The van der Waals surface area contributed by atoms with E-state index in [-0.39, 0.29) is 36.9 Å². The smallest absolute Gasteiger partial charge is 0.274 e. The Bertz CT molecular complexity index is 1090. The number of rotatable bonds is 8. The van der Waals surface area contributed by atoms with Gasteiger partial charge in [-0.25, -0.2) is 4.68 Å². The van der Waals surface area contributed by atoms with E-state index in [0.717, 1.165) is 5.56 Å². The van der Waals surface area contributed by atoms with Crippen LogP contribution in [0.5, 0.6) is 5.75 Å². The molecule has 1 heterocycles. The number of benzene rings is 2. The topological polar surface area (TPSA) is 93.5 Å². The van der Waals surface area contributed by atoms with E-state index in [2.05, 4.69) is 10.4 Å². The second-order valence-corrected chi connectivity index (χ2v) is 7.02. The van der Waals surface area contributed by atoms with Gasteiger partial charge in [0, 0.05) is 18.8 Å². The van der Waals surface area contributed by atoms with Crippen molar-refractivity contribution in [2.75, 3.05) is 25.5 Å². The van der Waals surface area contributed by atoms with E-state index in [0.29, 0.717) is 11.4 Å². The Kier molecular flexibility index (Phi) is 7.16. The first-order valence-corrected chi connectivity index (χ1v) is 9.80. The summed E-state index contributed by atoms with van der Waals surface area (Å²) in [6.07, 6.45) is 0. The number of aryl methyl sites for hydroxylation is 1. The lowest BCUT2D eigenvalue weighted by Crippen LogP contribution is -2.36. The molecule has 0 atom stereocenters. The number of hydrogen-bond donors (Lipinski definition) is 1. The number of amides is 2. The van der Waals surface area contributed by atoms with E-state index in [4.69, 9.17) is 4.74 Å². The Morgan fingerprint density at radius 2 is 1.74 bits per heavy atom. The van der Waals surface area contributed by atoms with E-state index in [9.17, 15) is 14.4 Å². The molecule has 8 nitrogen and oxygen atoms in total. The average Bonchev–Trinajstić information content (AvgIpc) is 2.77. The van der Waals surface area contributed by atoms with Crippen molar-refractivity contribution in [1.82, 2.24) is 14.7 Å². The van der Waals surface area contributed by atoms with Crippen molar-refractivity contribution in [2.45, 2.75) is 13.5 Å². The van der Waals surface area contributed by atoms with Crippen LogP contribution in [0.2, 0.25) is 0 Å². The van der Waals surface area contributed by atoms with Crippen LogP contribution >= 0.6 is 0 Å². The van der Waals surface area contributed by atoms with Gasteiger partial charge in [-0.3, -0.25) is 14.4 Å². The lowest BCUT2D eigenvalue weighted by Gasteiger charge is -2.17. The minimum Gasteiger partial charge on any atom is -0.492 e. The van der Waals surface area contributed by atoms with Gasteiger partial charge >= 0.3 is 0 Å². The summed E-state index contributed by atoms with van der Waals surface area (Å²) in [4.78, 5) is 38.2. The highest BCUT2D eigenvalue weighted by Gasteiger charge is 2.17. The number of carbonyl (C=O) groups excluding carboxylic acids is 2. The standard InChI is InChI=1S/C23H24N4O4/c1-17-8-10-18(11-9-17)24-21(28)16-26(2)23(30)20-12-13-22(29)27(25-20)14-15-31-19-6-4-3-5-7-19/h3-13H,14-16H2,1-2H3,(H,24,28). The predicted molar refractivity (Wildman–Crippen MR) is 117 cm³/mol. The number of carbonyl (C=O) groups is 2. The molecule has 0 spiro atoms. The maximum Gasteiger partial charge on any atom is 0.274 e. The number of hydrogen-bond acceptors (Lipinski definition) is 5. The Hall–Kier alpha value is -3.94. The summed E-state index contributed by atoms with van der Waals surface area (Å²) in [6.45, 7) is 2.22. The third-order valence-corrected chi connectivity index (χ3v) is 4.46. The molecule has 1 N–H and O–H groups in total. The molecule has 3 aromatic rings. The fraction of sp³-hybridized carbons (Fsp3) is 0.217. The van der Waals surface area contributed by atoms with Gasteiger partial charge in [-0.05, 0) is 37.3 Å². The van der Waals surface area contributed by atoms with Crippen LogP contribution in [0.15, 0.2) is 71.5 Å². The van der Waals surface area contributed by atoms with Crippen molar-refractivity contribution in [1.29, 1.82) is 0 Å². The normalized spacial score (nSPS) is 10.4. The molecule has 0 aliphatic carbocycles. The second-order valence-electron chi connectivity index (χ2n) is 7.02. The van der Waals surface area contributed by atoms with Crippen LogP contribution in [0.25, 0.3) is 0 Å². The molecule has 3 rings (SSSR count). The monoisotopic (exact) mass is 420 g/mol. The van der Waals surface area contributed by atoms with Gasteiger partial charge in [0.15, 0.2) is 0 Å². The van der Waals surface area contributed by atoms with Crippen LogP contribution in [0, 0.1) is 6.92 Å². The Morgan fingerprint density at radius 3 is 2.45 bits per heavy atom. The number of anilines is 1. The number of aromatic nitrogens is 2. The number of likely N-dealkylation sites (N-methyl/N-ethyl adjacent to an activating group) is 1. The van der Waals surface area contributed by atoms with Gasteiger partial charge in [0.1, 0.15) is 18.1 Å².